The lowest BCUT2D eigenvalue weighted by Crippen LogP contribution is -2.15. The van der Waals surface area contributed by atoms with Gasteiger partial charge in [-0.1, -0.05) is 0 Å². The number of tetrazole rings is 1. The van der Waals surface area contributed by atoms with Crippen molar-refractivity contribution in [3.8, 4) is 5.69 Å². The third-order valence-corrected chi connectivity index (χ3v) is 3.97. The fourth-order valence-corrected chi connectivity index (χ4v) is 3.00. The minimum Gasteiger partial charge on any atom is -0.268 e. The van der Waals surface area contributed by atoms with Gasteiger partial charge in [-0.15, -0.1) is 16.4 Å². The zero-order valence-corrected chi connectivity index (χ0v) is 11.2. The molecule has 0 spiro atoms. The zero-order valence-electron chi connectivity index (χ0n) is 10.4. The van der Waals surface area contributed by atoms with Crippen LogP contribution in [0.25, 0.3) is 21.6 Å². The lowest BCUT2D eigenvalue weighted by Gasteiger charge is -2.03. The van der Waals surface area contributed by atoms with Crippen LogP contribution in [0.15, 0.2) is 35.5 Å². The van der Waals surface area contributed by atoms with Crippen molar-refractivity contribution in [1.82, 2.24) is 29.6 Å². The van der Waals surface area contributed by atoms with Crippen molar-refractivity contribution in [2.75, 3.05) is 0 Å². The molecule has 8 heteroatoms. The fourth-order valence-electron chi connectivity index (χ4n) is 2.12. The summed E-state index contributed by atoms with van der Waals surface area (Å²) in [6, 6.07) is 5.48. The Morgan fingerprint density at radius 3 is 3.00 bits per heavy atom. The second-order valence-corrected chi connectivity index (χ2v) is 5.60. The maximum atomic E-state index is 12.5. The molecule has 7 nitrogen and oxygen atoms in total. The Balaban J connectivity index is 2.09. The van der Waals surface area contributed by atoms with E-state index in [-0.39, 0.29) is 5.56 Å². The van der Waals surface area contributed by atoms with E-state index in [0.29, 0.717) is 16.7 Å². The van der Waals surface area contributed by atoms with Gasteiger partial charge in [0.1, 0.15) is 16.8 Å². The van der Waals surface area contributed by atoms with Crippen LogP contribution in [0, 0.1) is 6.92 Å². The fraction of sp³-hybridized carbons (Fsp3) is 0.0833. The summed E-state index contributed by atoms with van der Waals surface area (Å²) in [6.45, 7) is 1.97. The topological polar surface area (TPSA) is 78.0 Å². The number of hydrogen-bond donors (Lipinski definition) is 0. The highest BCUT2D eigenvalue weighted by Crippen LogP contribution is 2.21. The predicted molar refractivity (Wildman–Crippen MR) is 74.3 cm³/mol. The molecule has 0 aliphatic rings. The van der Waals surface area contributed by atoms with Crippen molar-refractivity contribution in [1.29, 1.82) is 0 Å². The molecule has 0 aliphatic heterocycles. The minimum absolute atomic E-state index is 0.0794. The van der Waals surface area contributed by atoms with E-state index in [2.05, 4.69) is 20.5 Å². The molecule has 0 atom stereocenters. The van der Waals surface area contributed by atoms with E-state index in [1.165, 1.54) is 26.7 Å². The van der Waals surface area contributed by atoms with E-state index in [1.54, 1.807) is 12.3 Å². The number of thiophene rings is 1. The van der Waals surface area contributed by atoms with Gasteiger partial charge in [-0.2, -0.15) is 4.68 Å². The molecule has 0 N–H and O–H groups in total. The first-order chi connectivity index (χ1) is 9.72. The molecule has 4 heterocycles. The Hall–Kier alpha value is -2.61. The summed E-state index contributed by atoms with van der Waals surface area (Å²) in [5, 5.41) is 11.6. The highest BCUT2D eigenvalue weighted by atomic mass is 32.1. The zero-order chi connectivity index (χ0) is 13.7. The van der Waals surface area contributed by atoms with Crippen molar-refractivity contribution < 1.29 is 0 Å². The Kier molecular flexibility index (Phi) is 2.21. The first-order valence-electron chi connectivity index (χ1n) is 5.88. The molecule has 4 rings (SSSR count). The van der Waals surface area contributed by atoms with Crippen LogP contribution < -0.4 is 5.56 Å². The van der Waals surface area contributed by atoms with Gasteiger partial charge in [0.05, 0.1) is 11.1 Å². The number of aryl methyl sites for hydroxylation is 1. The lowest BCUT2D eigenvalue weighted by atomic mass is 10.3. The van der Waals surface area contributed by atoms with Crippen LogP contribution in [0.1, 0.15) is 4.88 Å². The standard InChI is InChI=1S/C12H8N6OS/c1-7-4-9-11(20-7)14-10-3-2-8(5-17(10)12(9)19)18-6-13-15-16-18/h2-6H,1H3. The van der Waals surface area contributed by atoms with E-state index in [9.17, 15) is 4.79 Å². The number of aromatic nitrogens is 6. The molecule has 0 bridgehead atoms. The summed E-state index contributed by atoms with van der Waals surface area (Å²) in [7, 11) is 0. The second-order valence-electron chi connectivity index (χ2n) is 4.36. The van der Waals surface area contributed by atoms with Gasteiger partial charge in [-0.3, -0.25) is 9.20 Å². The Morgan fingerprint density at radius 1 is 1.30 bits per heavy atom. The van der Waals surface area contributed by atoms with Crippen molar-refractivity contribution in [2.45, 2.75) is 6.92 Å². The van der Waals surface area contributed by atoms with E-state index in [4.69, 9.17) is 0 Å². The van der Waals surface area contributed by atoms with Crippen molar-refractivity contribution >= 4 is 27.2 Å². The number of pyridine rings is 1. The normalized spacial score (nSPS) is 11.4. The smallest absolute Gasteiger partial charge is 0.266 e. The monoisotopic (exact) mass is 284 g/mol. The van der Waals surface area contributed by atoms with Gasteiger partial charge in [0.25, 0.3) is 5.56 Å². The van der Waals surface area contributed by atoms with Gasteiger partial charge in [-0.25, -0.2) is 4.98 Å². The summed E-state index contributed by atoms with van der Waals surface area (Å²) in [5.74, 6) is 0. The molecule has 0 fully saturated rings. The highest BCUT2D eigenvalue weighted by Gasteiger charge is 2.09. The lowest BCUT2D eigenvalue weighted by molar-refractivity contribution is 0.783. The van der Waals surface area contributed by atoms with Crippen LogP contribution in [0.2, 0.25) is 0 Å². The molecule has 4 aromatic heterocycles. The quantitative estimate of drug-likeness (QED) is 0.524. The number of nitrogens with zero attached hydrogens (tertiary/aromatic N) is 6. The van der Waals surface area contributed by atoms with Gasteiger partial charge in [0.15, 0.2) is 0 Å². The molecule has 0 aliphatic carbocycles. The van der Waals surface area contributed by atoms with Crippen LogP contribution >= 0.6 is 11.3 Å². The summed E-state index contributed by atoms with van der Waals surface area (Å²) in [4.78, 5) is 18.8. The van der Waals surface area contributed by atoms with Crippen LogP contribution in [0.3, 0.4) is 0 Å². The average Bonchev–Trinajstić information content (AvgIpc) is 3.07. The van der Waals surface area contributed by atoms with Crippen molar-refractivity contribution in [3.63, 3.8) is 0 Å². The minimum atomic E-state index is -0.0794. The first-order valence-corrected chi connectivity index (χ1v) is 6.70. The molecular formula is C12H8N6OS. The van der Waals surface area contributed by atoms with Crippen LogP contribution in [0.4, 0.5) is 0 Å². The van der Waals surface area contributed by atoms with E-state index >= 15 is 0 Å². The average molecular weight is 284 g/mol. The molecule has 0 saturated heterocycles. The van der Waals surface area contributed by atoms with Crippen LogP contribution in [-0.4, -0.2) is 29.6 Å². The highest BCUT2D eigenvalue weighted by molar-refractivity contribution is 7.18. The van der Waals surface area contributed by atoms with Gasteiger partial charge in [0.2, 0.25) is 0 Å². The summed E-state index contributed by atoms with van der Waals surface area (Å²) < 4.78 is 3.01. The third-order valence-electron chi connectivity index (χ3n) is 3.03. The molecule has 0 aromatic carbocycles. The summed E-state index contributed by atoms with van der Waals surface area (Å²) in [5.41, 5.74) is 1.24. The molecule has 0 unspecified atom stereocenters. The van der Waals surface area contributed by atoms with Gasteiger partial charge >= 0.3 is 0 Å². The van der Waals surface area contributed by atoms with Crippen molar-refractivity contribution in [2.24, 2.45) is 0 Å². The Labute approximate surface area is 116 Å². The summed E-state index contributed by atoms with van der Waals surface area (Å²) >= 11 is 1.52. The maximum Gasteiger partial charge on any atom is 0.266 e. The van der Waals surface area contributed by atoms with Gasteiger partial charge in [-0.05, 0) is 35.5 Å². The van der Waals surface area contributed by atoms with Crippen LogP contribution in [-0.2, 0) is 0 Å². The molecular weight excluding hydrogens is 276 g/mol. The Bertz CT molecular complexity index is 984. The number of rotatable bonds is 1. The van der Waals surface area contributed by atoms with E-state index in [0.717, 1.165) is 9.71 Å². The molecule has 0 amide bonds. The van der Waals surface area contributed by atoms with Crippen LogP contribution in [0.5, 0.6) is 0 Å². The first kappa shape index (κ1) is 11.2. The molecule has 4 aromatic rings. The third kappa shape index (κ3) is 1.55. The van der Waals surface area contributed by atoms with E-state index < -0.39 is 0 Å². The maximum absolute atomic E-state index is 12.5. The van der Waals surface area contributed by atoms with Crippen molar-refractivity contribution in [3.05, 3.63) is 46.0 Å². The molecule has 98 valence electrons. The number of fused-ring (bicyclic) bond motifs is 2. The predicted octanol–water partition coefficient (Wildman–Crippen LogP) is 1.19. The van der Waals surface area contributed by atoms with Gasteiger partial charge < -0.3 is 0 Å². The number of hydrogen-bond acceptors (Lipinski definition) is 6. The van der Waals surface area contributed by atoms with E-state index in [1.807, 2.05) is 19.1 Å². The SMILES string of the molecule is Cc1cc2c(=O)n3cc(-n4cnnn4)ccc3nc2s1. The largest absolute Gasteiger partial charge is 0.268 e. The molecule has 20 heavy (non-hydrogen) atoms. The molecule has 0 saturated carbocycles. The second kappa shape index (κ2) is 3.94. The van der Waals surface area contributed by atoms with Gasteiger partial charge in [0, 0.05) is 11.1 Å². The molecule has 0 radical (unpaired) electrons. The Morgan fingerprint density at radius 2 is 2.20 bits per heavy atom. The summed E-state index contributed by atoms with van der Waals surface area (Å²) in [6.07, 6.45) is 3.17.